The molecule has 0 aliphatic rings. The lowest BCUT2D eigenvalue weighted by molar-refractivity contribution is 0.533. The van der Waals surface area contributed by atoms with Crippen LogP contribution < -0.4 is 0 Å². The van der Waals surface area contributed by atoms with Gasteiger partial charge in [0, 0.05) is 16.5 Å². The second-order valence-corrected chi connectivity index (χ2v) is 10.1. The van der Waals surface area contributed by atoms with E-state index in [0.29, 0.717) is 0 Å². The molecule has 0 bridgehead atoms. The first-order valence-corrected chi connectivity index (χ1v) is 10.9. The summed E-state index contributed by atoms with van der Waals surface area (Å²) in [6.07, 6.45) is 0. The molecule has 0 radical (unpaired) electrons. The van der Waals surface area contributed by atoms with Crippen LogP contribution in [0.3, 0.4) is 0 Å². The second kappa shape index (κ2) is 7.81. The molecule has 31 heavy (non-hydrogen) atoms. The zero-order chi connectivity index (χ0) is 22.2. The maximum atomic E-state index is 4.70. The molecule has 0 unspecified atom stereocenters. The van der Waals surface area contributed by atoms with Gasteiger partial charge in [0.15, 0.2) is 5.82 Å². The Bertz CT molecular complexity index is 1190. The Morgan fingerprint density at radius 3 is 1.94 bits per heavy atom. The maximum Gasteiger partial charge on any atom is 0.168 e. The van der Waals surface area contributed by atoms with Crippen molar-refractivity contribution in [2.24, 2.45) is 0 Å². The van der Waals surface area contributed by atoms with Gasteiger partial charge < -0.3 is 0 Å². The van der Waals surface area contributed by atoms with Crippen LogP contribution in [0.25, 0.3) is 28.2 Å². The van der Waals surface area contributed by atoms with Crippen molar-refractivity contribution in [2.75, 3.05) is 0 Å². The molecule has 1 heterocycles. The number of nitrogens with zero attached hydrogens (tertiary/aromatic N) is 3. The molecular formula is C28H31N3. The van der Waals surface area contributed by atoms with Crippen molar-refractivity contribution >= 4 is 0 Å². The second-order valence-electron chi connectivity index (χ2n) is 10.1. The Kier molecular flexibility index (Phi) is 5.30. The van der Waals surface area contributed by atoms with Crippen LogP contribution in [0, 0.1) is 0 Å². The average Bonchev–Trinajstić information content (AvgIpc) is 3.19. The largest absolute Gasteiger partial charge is 0.278 e. The van der Waals surface area contributed by atoms with E-state index < -0.39 is 0 Å². The van der Waals surface area contributed by atoms with E-state index in [0.717, 1.165) is 22.9 Å². The zero-order valence-electron chi connectivity index (χ0n) is 19.3. The number of aromatic nitrogens is 3. The summed E-state index contributed by atoms with van der Waals surface area (Å²) in [7, 11) is 0. The first-order chi connectivity index (χ1) is 14.7. The first kappa shape index (κ1) is 21.0. The Morgan fingerprint density at radius 1 is 0.613 bits per heavy atom. The van der Waals surface area contributed by atoms with Crippen LogP contribution in [-0.2, 0) is 10.8 Å². The van der Waals surface area contributed by atoms with E-state index in [9.17, 15) is 0 Å². The van der Waals surface area contributed by atoms with E-state index in [1.807, 2.05) is 0 Å². The molecule has 1 aromatic heterocycles. The molecule has 0 aliphatic heterocycles. The highest BCUT2D eigenvalue weighted by molar-refractivity contribution is 5.75. The third kappa shape index (κ3) is 4.18. The minimum absolute atomic E-state index is 0.0651. The molecule has 4 aromatic rings. The van der Waals surface area contributed by atoms with E-state index >= 15 is 0 Å². The van der Waals surface area contributed by atoms with Crippen molar-refractivity contribution in [1.29, 1.82) is 0 Å². The van der Waals surface area contributed by atoms with Gasteiger partial charge in [-0.1, -0.05) is 108 Å². The van der Waals surface area contributed by atoms with E-state index in [2.05, 4.69) is 130 Å². The van der Waals surface area contributed by atoms with Gasteiger partial charge in [-0.15, -0.1) is 10.2 Å². The van der Waals surface area contributed by atoms with E-state index in [1.54, 1.807) is 0 Å². The van der Waals surface area contributed by atoms with Gasteiger partial charge in [0.25, 0.3) is 0 Å². The van der Waals surface area contributed by atoms with Crippen LogP contribution in [0.1, 0.15) is 52.9 Å². The number of benzene rings is 3. The van der Waals surface area contributed by atoms with Crippen LogP contribution in [0.4, 0.5) is 0 Å². The third-order valence-electron chi connectivity index (χ3n) is 5.55. The highest BCUT2D eigenvalue weighted by Crippen LogP contribution is 2.35. The molecule has 158 valence electrons. The maximum absolute atomic E-state index is 4.70. The summed E-state index contributed by atoms with van der Waals surface area (Å²) >= 11 is 0. The molecule has 0 saturated heterocycles. The van der Waals surface area contributed by atoms with Gasteiger partial charge in [0.2, 0.25) is 0 Å². The molecule has 3 heteroatoms. The standard InChI is InChI=1S/C28H31N3/c1-27(2,3)22-16-12-15-21(19-22)25-29-30-26(28(4,5)6)31(25)24-18-11-10-17-23(24)20-13-8-7-9-14-20/h7-19H,1-6H3. The fraction of sp³-hybridized carbons (Fsp3) is 0.286. The summed E-state index contributed by atoms with van der Waals surface area (Å²) in [5.41, 5.74) is 5.72. The highest BCUT2D eigenvalue weighted by atomic mass is 15.3. The van der Waals surface area contributed by atoms with E-state index in [-0.39, 0.29) is 10.8 Å². The average molecular weight is 410 g/mol. The van der Waals surface area contributed by atoms with Gasteiger partial charge in [-0.25, -0.2) is 0 Å². The Balaban J connectivity index is 2.00. The molecule has 0 saturated carbocycles. The predicted octanol–water partition coefficient (Wildman–Crippen LogP) is 7.20. The molecule has 0 aliphatic carbocycles. The van der Waals surface area contributed by atoms with Crippen LogP contribution in [0.15, 0.2) is 78.9 Å². The Morgan fingerprint density at radius 2 is 1.26 bits per heavy atom. The molecule has 0 amide bonds. The van der Waals surface area contributed by atoms with Gasteiger partial charge in [-0.3, -0.25) is 4.57 Å². The molecular weight excluding hydrogens is 378 g/mol. The SMILES string of the molecule is CC(C)(C)c1cccc(-c2nnc(C(C)(C)C)n2-c2ccccc2-c2ccccc2)c1. The fourth-order valence-corrected chi connectivity index (χ4v) is 3.84. The topological polar surface area (TPSA) is 30.7 Å². The summed E-state index contributed by atoms with van der Waals surface area (Å²) in [6, 6.07) is 27.7. The molecule has 3 nitrogen and oxygen atoms in total. The summed E-state index contributed by atoms with van der Waals surface area (Å²) < 4.78 is 2.24. The molecule has 4 rings (SSSR count). The van der Waals surface area contributed by atoms with Gasteiger partial charge in [-0.05, 0) is 28.7 Å². The van der Waals surface area contributed by atoms with Crippen molar-refractivity contribution in [1.82, 2.24) is 14.8 Å². The number of hydrogen-bond acceptors (Lipinski definition) is 2. The van der Waals surface area contributed by atoms with Gasteiger partial charge in [0.1, 0.15) is 5.82 Å². The van der Waals surface area contributed by atoms with Gasteiger partial charge in [-0.2, -0.15) is 0 Å². The fourth-order valence-electron chi connectivity index (χ4n) is 3.84. The van der Waals surface area contributed by atoms with Crippen LogP contribution >= 0.6 is 0 Å². The first-order valence-electron chi connectivity index (χ1n) is 10.9. The molecule has 3 aromatic carbocycles. The number of para-hydroxylation sites is 1. The monoisotopic (exact) mass is 409 g/mol. The number of rotatable bonds is 3. The predicted molar refractivity (Wildman–Crippen MR) is 130 cm³/mol. The van der Waals surface area contributed by atoms with E-state index in [4.69, 9.17) is 5.10 Å². The van der Waals surface area contributed by atoms with Crippen molar-refractivity contribution in [2.45, 2.75) is 52.4 Å². The van der Waals surface area contributed by atoms with Crippen molar-refractivity contribution < 1.29 is 0 Å². The van der Waals surface area contributed by atoms with Crippen LogP contribution in [-0.4, -0.2) is 14.8 Å². The summed E-state index contributed by atoms with van der Waals surface area (Å²) in [4.78, 5) is 0. The quantitative estimate of drug-likeness (QED) is 0.358. The van der Waals surface area contributed by atoms with E-state index in [1.165, 1.54) is 16.7 Å². The number of hydrogen-bond donors (Lipinski definition) is 0. The molecule has 0 fully saturated rings. The lowest BCUT2D eigenvalue weighted by Gasteiger charge is -2.23. The minimum Gasteiger partial charge on any atom is -0.278 e. The normalized spacial score (nSPS) is 12.2. The molecule has 0 atom stereocenters. The lowest BCUT2D eigenvalue weighted by Crippen LogP contribution is -2.19. The van der Waals surface area contributed by atoms with Crippen molar-refractivity contribution in [3.05, 3.63) is 90.3 Å². The smallest absolute Gasteiger partial charge is 0.168 e. The van der Waals surface area contributed by atoms with Crippen LogP contribution in [0.5, 0.6) is 0 Å². The van der Waals surface area contributed by atoms with Crippen molar-refractivity contribution in [3.8, 4) is 28.2 Å². The highest BCUT2D eigenvalue weighted by Gasteiger charge is 2.27. The summed E-state index contributed by atoms with van der Waals surface area (Å²) in [5.74, 6) is 1.83. The van der Waals surface area contributed by atoms with Gasteiger partial charge >= 0.3 is 0 Å². The van der Waals surface area contributed by atoms with Crippen molar-refractivity contribution in [3.63, 3.8) is 0 Å². The zero-order valence-corrected chi connectivity index (χ0v) is 19.3. The lowest BCUT2D eigenvalue weighted by atomic mass is 9.86. The Hall–Kier alpha value is -3.20. The third-order valence-corrected chi connectivity index (χ3v) is 5.55. The summed E-state index contributed by atoms with van der Waals surface area (Å²) in [6.45, 7) is 13.3. The van der Waals surface area contributed by atoms with Gasteiger partial charge in [0.05, 0.1) is 5.69 Å². The Labute approximate surface area is 185 Å². The van der Waals surface area contributed by atoms with Crippen LogP contribution in [0.2, 0.25) is 0 Å². The summed E-state index contributed by atoms with van der Waals surface area (Å²) in [5, 5.41) is 9.38. The minimum atomic E-state index is -0.156. The molecule has 0 spiro atoms. The molecule has 0 N–H and O–H groups in total.